The largest absolute Gasteiger partial charge is 0.390 e. The molecule has 7 heteroatoms. The van der Waals surface area contributed by atoms with Gasteiger partial charge in [0.05, 0.1) is 22.8 Å². The molecule has 0 bridgehead atoms. The summed E-state index contributed by atoms with van der Waals surface area (Å²) in [4.78, 5) is 10.9. The third kappa shape index (κ3) is 4.05. The lowest BCUT2D eigenvalue weighted by Crippen LogP contribution is -2.49. The fourth-order valence-corrected chi connectivity index (χ4v) is 3.39. The predicted octanol–water partition coefficient (Wildman–Crippen LogP) is 1.77. The van der Waals surface area contributed by atoms with E-state index in [4.69, 9.17) is 5.26 Å². The van der Waals surface area contributed by atoms with Crippen LogP contribution in [0.5, 0.6) is 0 Å². The monoisotopic (exact) mass is 329 g/mol. The summed E-state index contributed by atoms with van der Waals surface area (Å²) in [6.07, 6.45) is 0.346. The summed E-state index contributed by atoms with van der Waals surface area (Å²) < 4.78 is 0. The third-order valence-electron chi connectivity index (χ3n) is 3.92. The number of aryl methyl sites for hydroxylation is 1. The molecule has 2 unspecified atom stereocenters. The van der Waals surface area contributed by atoms with Crippen LogP contribution in [0.3, 0.4) is 0 Å². The van der Waals surface area contributed by atoms with E-state index in [0.717, 1.165) is 30.2 Å². The molecule has 1 saturated heterocycles. The zero-order valence-electron chi connectivity index (χ0n) is 12.9. The van der Waals surface area contributed by atoms with Crippen molar-refractivity contribution in [3.05, 3.63) is 40.0 Å². The number of nitriles is 1. The molecule has 0 aromatic carbocycles. The Kier molecular flexibility index (Phi) is 4.86. The van der Waals surface area contributed by atoms with Crippen LogP contribution in [0.25, 0.3) is 0 Å². The van der Waals surface area contributed by atoms with Gasteiger partial charge in [0.2, 0.25) is 0 Å². The second kappa shape index (κ2) is 7.04. The summed E-state index contributed by atoms with van der Waals surface area (Å²) in [5, 5.41) is 25.7. The van der Waals surface area contributed by atoms with Crippen molar-refractivity contribution in [2.75, 3.05) is 18.4 Å². The van der Waals surface area contributed by atoms with Crippen LogP contribution in [-0.4, -0.2) is 45.2 Å². The molecule has 1 aliphatic heterocycles. The van der Waals surface area contributed by atoms with Crippen molar-refractivity contribution in [3.63, 3.8) is 0 Å². The van der Waals surface area contributed by atoms with E-state index in [1.807, 2.05) is 19.1 Å². The number of thiazole rings is 1. The first kappa shape index (κ1) is 15.9. The molecule has 1 fully saturated rings. The van der Waals surface area contributed by atoms with Gasteiger partial charge in [0, 0.05) is 25.0 Å². The van der Waals surface area contributed by atoms with Gasteiger partial charge in [0.15, 0.2) is 0 Å². The highest BCUT2D eigenvalue weighted by molar-refractivity contribution is 7.09. The molecule has 0 amide bonds. The Labute approximate surface area is 139 Å². The molecule has 2 aromatic rings. The van der Waals surface area contributed by atoms with Gasteiger partial charge in [-0.2, -0.15) is 5.26 Å². The van der Waals surface area contributed by atoms with Crippen LogP contribution < -0.4 is 5.32 Å². The Bertz CT molecular complexity index is 710. The quantitative estimate of drug-likeness (QED) is 0.889. The van der Waals surface area contributed by atoms with Crippen LogP contribution in [0.1, 0.15) is 22.8 Å². The van der Waals surface area contributed by atoms with E-state index in [1.165, 1.54) is 0 Å². The second-order valence-corrected chi connectivity index (χ2v) is 6.78. The van der Waals surface area contributed by atoms with E-state index in [9.17, 15) is 5.11 Å². The number of anilines is 1. The van der Waals surface area contributed by atoms with Crippen molar-refractivity contribution >= 4 is 17.2 Å². The average molecular weight is 329 g/mol. The summed E-state index contributed by atoms with van der Waals surface area (Å²) in [5.41, 5.74) is 1.44. The summed E-state index contributed by atoms with van der Waals surface area (Å²) in [6, 6.07) is 7.25. The predicted molar refractivity (Wildman–Crippen MR) is 89.1 cm³/mol. The van der Waals surface area contributed by atoms with E-state index >= 15 is 0 Å². The van der Waals surface area contributed by atoms with Crippen LogP contribution in [0.15, 0.2) is 23.6 Å². The topological polar surface area (TPSA) is 85.1 Å². The Morgan fingerprint density at radius 2 is 2.35 bits per heavy atom. The SMILES string of the molecule is Cc1nc(CN2CCC(Nc3cccc(C#N)n3)C(O)C2)cs1. The van der Waals surface area contributed by atoms with Gasteiger partial charge in [-0.25, -0.2) is 9.97 Å². The number of nitrogens with one attached hydrogen (secondary N) is 1. The van der Waals surface area contributed by atoms with Crippen LogP contribution in [0.2, 0.25) is 0 Å². The number of rotatable bonds is 4. The standard InChI is InChI=1S/C16H19N5OS/c1-11-18-13(10-23-11)8-21-6-5-14(15(22)9-21)20-16-4-2-3-12(7-17)19-16/h2-4,10,14-15,22H,5-6,8-9H2,1H3,(H,19,20). The van der Waals surface area contributed by atoms with Crippen molar-refractivity contribution in [2.45, 2.75) is 32.0 Å². The highest BCUT2D eigenvalue weighted by atomic mass is 32.1. The molecule has 2 aromatic heterocycles. The minimum absolute atomic E-state index is 0.0511. The number of nitrogens with zero attached hydrogens (tertiary/aromatic N) is 4. The van der Waals surface area contributed by atoms with E-state index in [1.54, 1.807) is 23.5 Å². The fraction of sp³-hybridized carbons (Fsp3) is 0.438. The fourth-order valence-electron chi connectivity index (χ4n) is 2.79. The van der Waals surface area contributed by atoms with Gasteiger partial charge in [0.25, 0.3) is 0 Å². The molecule has 2 atom stereocenters. The molecule has 0 aliphatic carbocycles. The van der Waals surface area contributed by atoms with Gasteiger partial charge in [-0.05, 0) is 25.5 Å². The minimum Gasteiger partial charge on any atom is -0.390 e. The van der Waals surface area contributed by atoms with Crippen LogP contribution in [0.4, 0.5) is 5.82 Å². The molecule has 0 saturated carbocycles. The van der Waals surface area contributed by atoms with Crippen LogP contribution in [-0.2, 0) is 6.54 Å². The van der Waals surface area contributed by atoms with Gasteiger partial charge in [-0.3, -0.25) is 4.90 Å². The molecule has 0 radical (unpaired) electrons. The summed E-state index contributed by atoms with van der Waals surface area (Å²) >= 11 is 1.65. The molecule has 6 nitrogen and oxygen atoms in total. The average Bonchev–Trinajstić information content (AvgIpc) is 2.95. The normalized spacial score (nSPS) is 21.8. The number of aliphatic hydroxyl groups excluding tert-OH is 1. The van der Waals surface area contributed by atoms with Gasteiger partial charge in [0.1, 0.15) is 17.6 Å². The number of piperidine rings is 1. The molecule has 120 valence electrons. The van der Waals surface area contributed by atoms with Crippen molar-refractivity contribution in [1.29, 1.82) is 5.26 Å². The second-order valence-electron chi connectivity index (χ2n) is 5.72. The lowest BCUT2D eigenvalue weighted by atomic mass is 10.0. The number of hydrogen-bond acceptors (Lipinski definition) is 7. The molecular formula is C16H19N5OS. The molecule has 3 heterocycles. The third-order valence-corrected chi connectivity index (χ3v) is 4.74. The van der Waals surface area contributed by atoms with Crippen molar-refractivity contribution in [1.82, 2.24) is 14.9 Å². The van der Waals surface area contributed by atoms with Crippen molar-refractivity contribution < 1.29 is 5.11 Å². The zero-order valence-corrected chi connectivity index (χ0v) is 13.8. The summed E-state index contributed by atoms with van der Waals surface area (Å²) in [7, 11) is 0. The van der Waals surface area contributed by atoms with E-state index < -0.39 is 6.10 Å². The lowest BCUT2D eigenvalue weighted by Gasteiger charge is -2.36. The summed E-state index contributed by atoms with van der Waals surface area (Å²) in [6.45, 7) is 4.27. The first-order valence-corrected chi connectivity index (χ1v) is 8.47. The Morgan fingerprint density at radius 3 is 3.04 bits per heavy atom. The maximum atomic E-state index is 10.4. The number of likely N-dealkylation sites (tertiary alicyclic amines) is 1. The van der Waals surface area contributed by atoms with Crippen LogP contribution >= 0.6 is 11.3 Å². The molecule has 0 spiro atoms. The first-order valence-electron chi connectivity index (χ1n) is 7.59. The highest BCUT2D eigenvalue weighted by Crippen LogP contribution is 2.19. The molecule has 1 aliphatic rings. The Balaban J connectivity index is 1.57. The smallest absolute Gasteiger partial charge is 0.142 e. The first-order chi connectivity index (χ1) is 11.1. The Hall–Kier alpha value is -2.01. The minimum atomic E-state index is -0.476. The van der Waals surface area contributed by atoms with E-state index in [2.05, 4.69) is 25.6 Å². The molecular weight excluding hydrogens is 310 g/mol. The zero-order chi connectivity index (χ0) is 16.2. The van der Waals surface area contributed by atoms with E-state index in [0.29, 0.717) is 18.1 Å². The van der Waals surface area contributed by atoms with Crippen molar-refractivity contribution in [3.8, 4) is 6.07 Å². The van der Waals surface area contributed by atoms with Gasteiger partial charge in [-0.15, -0.1) is 11.3 Å². The number of aliphatic hydroxyl groups is 1. The van der Waals surface area contributed by atoms with Crippen molar-refractivity contribution in [2.24, 2.45) is 0 Å². The van der Waals surface area contributed by atoms with E-state index in [-0.39, 0.29) is 6.04 Å². The number of pyridine rings is 1. The molecule has 2 N–H and O–H groups in total. The number of aromatic nitrogens is 2. The highest BCUT2D eigenvalue weighted by Gasteiger charge is 2.28. The van der Waals surface area contributed by atoms with Crippen LogP contribution in [0, 0.1) is 18.3 Å². The van der Waals surface area contributed by atoms with Gasteiger partial charge < -0.3 is 10.4 Å². The molecule has 23 heavy (non-hydrogen) atoms. The maximum Gasteiger partial charge on any atom is 0.142 e. The Morgan fingerprint density at radius 1 is 1.48 bits per heavy atom. The number of β-amino-alcohol motifs (C(OH)–C–C–N with tert-alkyl or cyclic N) is 1. The summed E-state index contributed by atoms with van der Waals surface area (Å²) in [5.74, 6) is 0.636. The van der Waals surface area contributed by atoms with Gasteiger partial charge >= 0.3 is 0 Å². The maximum absolute atomic E-state index is 10.4. The lowest BCUT2D eigenvalue weighted by molar-refractivity contribution is 0.0555. The molecule has 3 rings (SSSR count). The van der Waals surface area contributed by atoms with Gasteiger partial charge in [-0.1, -0.05) is 6.07 Å². The number of hydrogen-bond donors (Lipinski definition) is 2.